The van der Waals surface area contributed by atoms with Crippen molar-refractivity contribution in [2.24, 2.45) is 0 Å². The fourth-order valence-corrected chi connectivity index (χ4v) is 4.20. The van der Waals surface area contributed by atoms with Crippen LogP contribution in [0.5, 0.6) is 0 Å². The zero-order chi connectivity index (χ0) is 27.5. The Balaban J connectivity index is 1.62. The average molecular weight is 518 g/mol. The maximum absolute atomic E-state index is 12.9. The highest BCUT2D eigenvalue weighted by Gasteiger charge is 2.16. The van der Waals surface area contributed by atoms with Crippen molar-refractivity contribution in [1.29, 1.82) is 0 Å². The molecular weight excluding hydrogens is 478 g/mol. The molecular formula is C29H39N7O2. The minimum absolute atomic E-state index is 0.149. The molecule has 0 unspecified atom stereocenters. The number of benzene rings is 1. The Bertz CT molecular complexity index is 1170. The smallest absolute Gasteiger partial charge is 0.319 e. The molecule has 0 saturated heterocycles. The highest BCUT2D eigenvalue weighted by molar-refractivity contribution is 5.99. The molecule has 0 radical (unpaired) electrons. The number of amides is 3. The number of carbonyl (C=O) groups is 2. The number of pyridine rings is 2. The zero-order valence-electron chi connectivity index (χ0n) is 22.9. The Hall–Kier alpha value is -3.98. The van der Waals surface area contributed by atoms with Gasteiger partial charge in [-0.25, -0.2) is 9.78 Å². The number of nitrogens with one attached hydrogen (secondary N) is 4. The largest absolute Gasteiger partial charge is 0.370 e. The quantitative estimate of drug-likeness (QED) is 0.276. The second-order valence-electron chi connectivity index (χ2n) is 9.55. The number of hydrogen-bond donors (Lipinski definition) is 4. The lowest BCUT2D eigenvalue weighted by Gasteiger charge is -2.30. The molecule has 9 heteroatoms. The van der Waals surface area contributed by atoms with Gasteiger partial charge in [-0.3, -0.25) is 14.7 Å². The summed E-state index contributed by atoms with van der Waals surface area (Å²) in [7, 11) is 0. The normalized spacial score (nSPS) is 11.1. The van der Waals surface area contributed by atoms with E-state index in [-0.39, 0.29) is 11.9 Å². The Morgan fingerprint density at radius 3 is 2.32 bits per heavy atom. The van der Waals surface area contributed by atoms with Crippen LogP contribution in [0.1, 0.15) is 50.5 Å². The number of carbonyl (C=O) groups excluding carboxylic acids is 2. The van der Waals surface area contributed by atoms with Crippen LogP contribution in [0, 0.1) is 0 Å². The van der Waals surface area contributed by atoms with Crippen molar-refractivity contribution < 1.29 is 9.59 Å². The standard InChI is InChI=1S/C29H39N7O2/c1-6-31-27-25(28(37)32-16-17-36(20(2)3)21(4)5)13-14-26(35-27)23-9-11-24(12-10-23)34-29(38)33-19-22-8-7-15-30-18-22/h7-15,18,20-21H,6,16-17,19H2,1-5H3,(H,31,35)(H,32,37)(H2,33,34,38). The zero-order valence-corrected chi connectivity index (χ0v) is 22.9. The summed E-state index contributed by atoms with van der Waals surface area (Å²) in [4.78, 5) is 36.3. The maximum atomic E-state index is 12.9. The number of urea groups is 1. The first-order valence-electron chi connectivity index (χ1n) is 13.1. The molecule has 1 aromatic carbocycles. The molecule has 3 rings (SSSR count). The number of aromatic nitrogens is 2. The predicted octanol–water partition coefficient (Wildman–Crippen LogP) is 4.75. The topological polar surface area (TPSA) is 111 Å². The summed E-state index contributed by atoms with van der Waals surface area (Å²) in [5.74, 6) is 0.397. The van der Waals surface area contributed by atoms with Gasteiger partial charge in [-0.15, -0.1) is 0 Å². The van der Waals surface area contributed by atoms with Crippen molar-refractivity contribution in [2.45, 2.75) is 53.2 Å². The molecule has 0 atom stereocenters. The van der Waals surface area contributed by atoms with Gasteiger partial charge in [-0.05, 0) is 70.5 Å². The van der Waals surface area contributed by atoms with E-state index in [0.717, 1.165) is 23.4 Å². The van der Waals surface area contributed by atoms with Gasteiger partial charge in [0.1, 0.15) is 5.82 Å². The van der Waals surface area contributed by atoms with Crippen LogP contribution in [-0.2, 0) is 6.54 Å². The summed E-state index contributed by atoms with van der Waals surface area (Å²) in [5.41, 5.74) is 3.71. The molecule has 0 aliphatic heterocycles. The van der Waals surface area contributed by atoms with Gasteiger partial charge in [-0.1, -0.05) is 18.2 Å². The Labute approximate surface area is 225 Å². The van der Waals surface area contributed by atoms with Gasteiger partial charge >= 0.3 is 6.03 Å². The van der Waals surface area contributed by atoms with Crippen molar-refractivity contribution in [1.82, 2.24) is 25.5 Å². The van der Waals surface area contributed by atoms with Crippen LogP contribution in [0.25, 0.3) is 11.3 Å². The third kappa shape index (κ3) is 8.27. The fourth-order valence-electron chi connectivity index (χ4n) is 4.20. The van der Waals surface area contributed by atoms with Gasteiger partial charge in [0.05, 0.1) is 11.3 Å². The molecule has 2 heterocycles. The lowest BCUT2D eigenvalue weighted by Crippen LogP contribution is -2.42. The summed E-state index contributed by atoms with van der Waals surface area (Å²) >= 11 is 0. The number of rotatable bonds is 12. The molecule has 3 amide bonds. The molecule has 4 N–H and O–H groups in total. The van der Waals surface area contributed by atoms with Crippen molar-refractivity contribution >= 4 is 23.4 Å². The van der Waals surface area contributed by atoms with Gasteiger partial charge in [0.2, 0.25) is 0 Å². The first-order chi connectivity index (χ1) is 18.3. The minimum Gasteiger partial charge on any atom is -0.370 e. The Kier molecular flexibility index (Phi) is 10.6. The molecule has 38 heavy (non-hydrogen) atoms. The number of nitrogens with zero attached hydrogens (tertiary/aromatic N) is 3. The monoisotopic (exact) mass is 517 g/mol. The van der Waals surface area contributed by atoms with Crippen LogP contribution in [-0.4, -0.2) is 58.5 Å². The van der Waals surface area contributed by atoms with Gasteiger partial charge in [0, 0.05) is 61.9 Å². The number of hydrogen-bond acceptors (Lipinski definition) is 6. The molecule has 2 aromatic heterocycles. The van der Waals surface area contributed by atoms with Crippen molar-refractivity contribution in [2.75, 3.05) is 30.3 Å². The Morgan fingerprint density at radius 2 is 1.68 bits per heavy atom. The van der Waals surface area contributed by atoms with E-state index in [1.54, 1.807) is 18.5 Å². The average Bonchev–Trinajstić information content (AvgIpc) is 2.90. The van der Waals surface area contributed by atoms with E-state index in [2.05, 4.69) is 58.8 Å². The molecule has 3 aromatic rings. The van der Waals surface area contributed by atoms with Crippen LogP contribution < -0.4 is 21.3 Å². The van der Waals surface area contributed by atoms with E-state index in [9.17, 15) is 9.59 Å². The molecule has 0 fully saturated rings. The maximum Gasteiger partial charge on any atom is 0.319 e. The van der Waals surface area contributed by atoms with Gasteiger partial charge in [0.15, 0.2) is 0 Å². The van der Waals surface area contributed by atoms with Crippen LogP contribution in [0.3, 0.4) is 0 Å². The lowest BCUT2D eigenvalue weighted by atomic mass is 10.1. The summed E-state index contributed by atoms with van der Waals surface area (Å²) in [6.07, 6.45) is 3.41. The van der Waals surface area contributed by atoms with E-state index in [0.29, 0.717) is 48.8 Å². The lowest BCUT2D eigenvalue weighted by molar-refractivity contribution is 0.0940. The highest BCUT2D eigenvalue weighted by Crippen LogP contribution is 2.23. The third-order valence-corrected chi connectivity index (χ3v) is 6.08. The van der Waals surface area contributed by atoms with Crippen molar-refractivity contribution in [3.05, 3.63) is 72.1 Å². The number of anilines is 2. The van der Waals surface area contributed by atoms with Crippen LogP contribution >= 0.6 is 0 Å². The van der Waals surface area contributed by atoms with E-state index < -0.39 is 0 Å². The third-order valence-electron chi connectivity index (χ3n) is 6.08. The second-order valence-corrected chi connectivity index (χ2v) is 9.55. The van der Waals surface area contributed by atoms with E-state index >= 15 is 0 Å². The SMILES string of the molecule is CCNc1nc(-c2ccc(NC(=O)NCc3cccnc3)cc2)ccc1C(=O)NCCN(C(C)C)C(C)C. The summed E-state index contributed by atoms with van der Waals surface area (Å²) in [6, 6.07) is 15.3. The van der Waals surface area contributed by atoms with Gasteiger partial charge in [0.25, 0.3) is 5.91 Å². The first-order valence-corrected chi connectivity index (χ1v) is 13.1. The Morgan fingerprint density at radius 1 is 0.947 bits per heavy atom. The molecule has 0 aliphatic carbocycles. The molecule has 0 bridgehead atoms. The molecule has 202 valence electrons. The predicted molar refractivity (Wildman–Crippen MR) is 153 cm³/mol. The van der Waals surface area contributed by atoms with E-state index in [4.69, 9.17) is 4.98 Å². The highest BCUT2D eigenvalue weighted by atomic mass is 16.2. The van der Waals surface area contributed by atoms with Crippen molar-refractivity contribution in [3.8, 4) is 11.3 Å². The first kappa shape index (κ1) is 28.6. The van der Waals surface area contributed by atoms with E-state index in [1.165, 1.54) is 0 Å². The molecule has 0 spiro atoms. The van der Waals surface area contributed by atoms with Crippen LogP contribution in [0.2, 0.25) is 0 Å². The summed E-state index contributed by atoms with van der Waals surface area (Å²) < 4.78 is 0. The minimum atomic E-state index is -0.297. The van der Waals surface area contributed by atoms with Crippen molar-refractivity contribution in [3.63, 3.8) is 0 Å². The summed E-state index contributed by atoms with van der Waals surface area (Å²) in [5, 5.41) is 11.9. The molecule has 9 nitrogen and oxygen atoms in total. The summed E-state index contributed by atoms with van der Waals surface area (Å²) in [6.45, 7) is 13.0. The van der Waals surface area contributed by atoms with Gasteiger partial charge in [-0.2, -0.15) is 0 Å². The molecule has 0 aliphatic rings. The van der Waals surface area contributed by atoms with Crippen LogP contribution in [0.4, 0.5) is 16.3 Å². The van der Waals surface area contributed by atoms with Gasteiger partial charge < -0.3 is 21.3 Å². The molecule has 0 saturated carbocycles. The van der Waals surface area contributed by atoms with E-state index in [1.807, 2.05) is 49.4 Å². The second kappa shape index (κ2) is 14.1. The fraction of sp³-hybridized carbons (Fsp3) is 0.379. The van der Waals surface area contributed by atoms with Crippen LogP contribution in [0.15, 0.2) is 60.9 Å².